The summed E-state index contributed by atoms with van der Waals surface area (Å²) in [7, 11) is -3.79. The van der Waals surface area contributed by atoms with E-state index in [0.29, 0.717) is 22.5 Å². The van der Waals surface area contributed by atoms with E-state index in [9.17, 15) is 18.0 Å². The third kappa shape index (κ3) is 6.54. The van der Waals surface area contributed by atoms with Crippen LogP contribution in [0, 0.1) is 0 Å². The molecule has 0 radical (unpaired) electrons. The summed E-state index contributed by atoms with van der Waals surface area (Å²) in [5.74, 6) is -0.897. The summed E-state index contributed by atoms with van der Waals surface area (Å²) in [4.78, 5) is 24.5. The minimum Gasteiger partial charge on any atom is -0.492 e. The number of rotatable bonds is 9. The van der Waals surface area contributed by atoms with E-state index in [1.165, 1.54) is 18.2 Å². The van der Waals surface area contributed by atoms with Gasteiger partial charge in [0, 0.05) is 10.5 Å². The molecule has 0 fully saturated rings. The molecule has 0 aliphatic rings. The molecule has 8 nitrogen and oxygen atoms in total. The smallest absolute Gasteiger partial charge is 0.339 e. The van der Waals surface area contributed by atoms with Crippen molar-refractivity contribution in [2.75, 3.05) is 18.5 Å². The van der Waals surface area contributed by atoms with E-state index >= 15 is 0 Å². The van der Waals surface area contributed by atoms with Gasteiger partial charge in [0.05, 0.1) is 22.8 Å². The fourth-order valence-electron chi connectivity index (χ4n) is 2.45. The molecule has 0 saturated heterocycles. The zero-order valence-corrected chi connectivity index (χ0v) is 19.2. The molecule has 10 heteroatoms. The van der Waals surface area contributed by atoms with Crippen molar-refractivity contribution in [3.05, 3.63) is 52.5 Å². The summed E-state index contributed by atoms with van der Waals surface area (Å²) in [6.45, 7) is 5.08. The summed E-state index contributed by atoms with van der Waals surface area (Å²) in [5, 5.41) is 2.62. The molecule has 0 aromatic heterocycles. The van der Waals surface area contributed by atoms with Gasteiger partial charge in [-0.05, 0) is 67.0 Å². The molecule has 0 heterocycles. The lowest BCUT2D eigenvalue weighted by molar-refractivity contribution is -0.119. The Balaban J connectivity index is 2.08. The molecule has 1 amide bonds. The van der Waals surface area contributed by atoms with Gasteiger partial charge in [-0.2, -0.15) is 0 Å². The van der Waals surface area contributed by atoms with Crippen LogP contribution in [0.2, 0.25) is 0 Å². The monoisotopic (exact) mass is 498 g/mol. The summed E-state index contributed by atoms with van der Waals surface area (Å²) in [6, 6.07) is 10.6. The highest BCUT2D eigenvalue weighted by Crippen LogP contribution is 2.24. The first-order chi connectivity index (χ1) is 14.1. The quantitative estimate of drug-likeness (QED) is 0.513. The highest BCUT2D eigenvalue weighted by molar-refractivity contribution is 9.10. The van der Waals surface area contributed by atoms with Gasteiger partial charge < -0.3 is 14.8 Å². The minimum absolute atomic E-state index is 0.0100. The van der Waals surface area contributed by atoms with Crippen LogP contribution < -0.4 is 14.8 Å². The lowest BCUT2D eigenvalue weighted by atomic mass is 10.2. The fourth-order valence-corrected chi connectivity index (χ4v) is 4.14. The van der Waals surface area contributed by atoms with E-state index in [-0.39, 0.29) is 16.5 Å². The lowest BCUT2D eigenvalue weighted by Crippen LogP contribution is -2.30. The first-order valence-electron chi connectivity index (χ1n) is 9.14. The number of amides is 1. The molecule has 0 aliphatic heterocycles. The van der Waals surface area contributed by atoms with Gasteiger partial charge >= 0.3 is 5.97 Å². The average molecular weight is 499 g/mol. The average Bonchev–Trinajstić information content (AvgIpc) is 2.67. The van der Waals surface area contributed by atoms with Crippen LogP contribution in [0.25, 0.3) is 0 Å². The van der Waals surface area contributed by atoms with Gasteiger partial charge in [-0.3, -0.25) is 4.79 Å². The lowest BCUT2D eigenvalue weighted by Gasteiger charge is -2.13. The van der Waals surface area contributed by atoms with Gasteiger partial charge in [-0.25, -0.2) is 17.9 Å². The third-order valence-electron chi connectivity index (χ3n) is 3.65. The van der Waals surface area contributed by atoms with Crippen molar-refractivity contribution in [1.82, 2.24) is 4.72 Å². The molecule has 2 rings (SSSR count). The number of carbonyl (C=O) groups excluding carboxylic acids is 2. The topological polar surface area (TPSA) is 111 Å². The fraction of sp³-hybridized carbons (Fsp3) is 0.300. The Morgan fingerprint density at radius 1 is 1.13 bits per heavy atom. The van der Waals surface area contributed by atoms with Crippen molar-refractivity contribution in [3.63, 3.8) is 0 Å². The standard InChI is InChI=1S/C20H23BrN2O6S/c1-4-28-18-8-6-5-7-17(18)22-19(24)12-29-20(25)15-11-14(9-10-16(15)21)30(26,27)23-13(2)3/h5-11,13,23H,4,12H2,1-3H3,(H,22,24). The van der Waals surface area contributed by atoms with Gasteiger partial charge in [-0.1, -0.05) is 12.1 Å². The number of nitrogens with one attached hydrogen (secondary N) is 2. The normalized spacial score (nSPS) is 11.2. The van der Waals surface area contributed by atoms with E-state index in [4.69, 9.17) is 9.47 Å². The number of anilines is 1. The van der Waals surface area contributed by atoms with Gasteiger partial charge in [0.15, 0.2) is 6.61 Å². The molecule has 0 atom stereocenters. The molecule has 0 aliphatic carbocycles. The summed E-state index contributed by atoms with van der Waals surface area (Å²) < 4.78 is 37.9. The van der Waals surface area contributed by atoms with Crippen molar-refractivity contribution in [2.24, 2.45) is 0 Å². The predicted octanol–water partition coefficient (Wildman–Crippen LogP) is 3.33. The number of ether oxygens (including phenoxy) is 2. The maximum absolute atomic E-state index is 12.4. The van der Waals surface area contributed by atoms with E-state index in [1.54, 1.807) is 38.1 Å². The van der Waals surface area contributed by atoms with Crippen molar-refractivity contribution < 1.29 is 27.5 Å². The van der Waals surface area contributed by atoms with Gasteiger partial charge in [-0.15, -0.1) is 0 Å². The molecule has 162 valence electrons. The zero-order chi connectivity index (χ0) is 22.3. The summed E-state index contributed by atoms with van der Waals surface area (Å²) in [6.07, 6.45) is 0. The largest absolute Gasteiger partial charge is 0.492 e. The van der Waals surface area contributed by atoms with Crippen LogP contribution in [0.15, 0.2) is 51.8 Å². The van der Waals surface area contributed by atoms with Gasteiger partial charge in [0.25, 0.3) is 5.91 Å². The van der Waals surface area contributed by atoms with Crippen LogP contribution in [0.4, 0.5) is 5.69 Å². The second kappa shape index (κ2) is 10.6. The van der Waals surface area contributed by atoms with E-state index in [0.717, 1.165) is 0 Å². The molecule has 0 saturated carbocycles. The summed E-state index contributed by atoms with van der Waals surface area (Å²) in [5.41, 5.74) is 0.443. The van der Waals surface area contributed by atoms with Crippen molar-refractivity contribution in [1.29, 1.82) is 0 Å². The molecule has 2 aromatic carbocycles. The SMILES string of the molecule is CCOc1ccccc1NC(=O)COC(=O)c1cc(S(=O)(=O)NC(C)C)ccc1Br. The number of hydrogen-bond donors (Lipinski definition) is 2. The highest BCUT2D eigenvalue weighted by atomic mass is 79.9. The Labute approximate surface area is 184 Å². The molecule has 0 bridgehead atoms. The molecular weight excluding hydrogens is 476 g/mol. The van der Waals surface area contributed by atoms with Crippen molar-refractivity contribution in [2.45, 2.75) is 31.7 Å². The van der Waals surface area contributed by atoms with Crippen LogP contribution >= 0.6 is 15.9 Å². The maximum Gasteiger partial charge on any atom is 0.339 e. The van der Waals surface area contributed by atoms with Crippen LogP contribution in [0.1, 0.15) is 31.1 Å². The number of hydrogen-bond acceptors (Lipinski definition) is 6. The predicted molar refractivity (Wildman–Crippen MR) is 116 cm³/mol. The first kappa shape index (κ1) is 23.8. The van der Waals surface area contributed by atoms with Crippen molar-refractivity contribution in [3.8, 4) is 5.75 Å². The number of para-hydroxylation sites is 2. The number of halogens is 1. The molecular formula is C20H23BrN2O6S. The minimum atomic E-state index is -3.79. The molecule has 0 spiro atoms. The number of benzene rings is 2. The maximum atomic E-state index is 12.4. The number of sulfonamides is 1. The van der Waals surface area contributed by atoms with Crippen LogP contribution in [-0.2, 0) is 19.6 Å². The summed E-state index contributed by atoms with van der Waals surface area (Å²) >= 11 is 3.20. The van der Waals surface area contributed by atoms with Crippen LogP contribution in [-0.4, -0.2) is 39.5 Å². The molecule has 0 unspecified atom stereocenters. The number of esters is 1. The van der Waals surface area contributed by atoms with Crippen LogP contribution in [0.3, 0.4) is 0 Å². The molecule has 2 aromatic rings. The van der Waals surface area contributed by atoms with E-state index in [2.05, 4.69) is 26.0 Å². The van der Waals surface area contributed by atoms with Crippen molar-refractivity contribution >= 4 is 43.5 Å². The molecule has 2 N–H and O–H groups in total. The van der Waals surface area contributed by atoms with E-state index < -0.39 is 28.5 Å². The molecule has 30 heavy (non-hydrogen) atoms. The Kier molecular flexibility index (Phi) is 8.39. The van der Waals surface area contributed by atoms with E-state index in [1.807, 2.05) is 6.92 Å². The van der Waals surface area contributed by atoms with Gasteiger partial charge in [0.2, 0.25) is 10.0 Å². The zero-order valence-electron chi connectivity index (χ0n) is 16.8. The van der Waals surface area contributed by atoms with Crippen LogP contribution in [0.5, 0.6) is 5.75 Å². The Bertz CT molecular complexity index is 1020. The third-order valence-corrected chi connectivity index (χ3v) is 6.00. The highest BCUT2D eigenvalue weighted by Gasteiger charge is 2.21. The number of carbonyl (C=O) groups is 2. The Morgan fingerprint density at radius 3 is 2.50 bits per heavy atom. The Morgan fingerprint density at radius 2 is 1.83 bits per heavy atom. The second-order valence-corrected chi connectivity index (χ2v) is 9.04. The second-order valence-electron chi connectivity index (χ2n) is 6.47. The van der Waals surface area contributed by atoms with Gasteiger partial charge in [0.1, 0.15) is 5.75 Å². The first-order valence-corrected chi connectivity index (χ1v) is 11.4. The Hall–Kier alpha value is -2.43.